The molecule has 0 radical (unpaired) electrons. The number of nitrogens with two attached hydrogens (primary N) is 1. The quantitative estimate of drug-likeness (QED) is 0.753. The van der Waals surface area contributed by atoms with Crippen molar-refractivity contribution in [2.45, 2.75) is 40.2 Å². The van der Waals surface area contributed by atoms with Crippen LogP contribution in [0.25, 0.3) is 0 Å². The summed E-state index contributed by atoms with van der Waals surface area (Å²) in [5, 5.41) is 0. The van der Waals surface area contributed by atoms with Gasteiger partial charge in [-0.3, -0.25) is 0 Å². The standard InChI is InChI=1S/C9H21NO2S/c1-5-6-13(11,12)7-8(10)9(2,3)4/h8H,5-7,10H2,1-4H3. The summed E-state index contributed by atoms with van der Waals surface area (Å²) in [5.74, 6) is 0.348. The van der Waals surface area contributed by atoms with Gasteiger partial charge in [-0.2, -0.15) is 0 Å². The van der Waals surface area contributed by atoms with E-state index in [2.05, 4.69) is 0 Å². The number of hydrogen-bond acceptors (Lipinski definition) is 3. The Morgan fingerprint density at radius 1 is 1.31 bits per heavy atom. The van der Waals surface area contributed by atoms with Crippen molar-refractivity contribution >= 4 is 9.84 Å². The van der Waals surface area contributed by atoms with E-state index in [0.717, 1.165) is 0 Å². The Hall–Kier alpha value is -0.0900. The van der Waals surface area contributed by atoms with Crippen LogP contribution in [0.3, 0.4) is 0 Å². The lowest BCUT2D eigenvalue weighted by molar-refractivity contribution is 0.340. The zero-order valence-corrected chi connectivity index (χ0v) is 9.82. The molecule has 3 nitrogen and oxygen atoms in total. The van der Waals surface area contributed by atoms with Gasteiger partial charge in [-0.25, -0.2) is 8.42 Å². The Morgan fingerprint density at radius 2 is 1.77 bits per heavy atom. The smallest absolute Gasteiger partial charge is 0.151 e. The second-order valence-corrected chi connectivity index (χ2v) is 6.82. The van der Waals surface area contributed by atoms with E-state index in [-0.39, 0.29) is 23.0 Å². The maximum absolute atomic E-state index is 11.4. The molecule has 0 bridgehead atoms. The normalized spacial score (nSPS) is 15.8. The second-order valence-electron chi connectivity index (χ2n) is 4.59. The van der Waals surface area contributed by atoms with Crippen molar-refractivity contribution in [2.75, 3.05) is 11.5 Å². The molecule has 80 valence electrons. The fraction of sp³-hybridized carbons (Fsp3) is 1.00. The summed E-state index contributed by atoms with van der Waals surface area (Å²) < 4.78 is 22.8. The summed E-state index contributed by atoms with van der Waals surface area (Å²) in [6.45, 7) is 7.73. The minimum absolute atomic E-state index is 0.102. The van der Waals surface area contributed by atoms with Crippen molar-refractivity contribution in [3.05, 3.63) is 0 Å². The highest BCUT2D eigenvalue weighted by Crippen LogP contribution is 2.18. The zero-order chi connectivity index (χ0) is 10.7. The summed E-state index contributed by atoms with van der Waals surface area (Å²) in [7, 11) is -2.94. The predicted molar refractivity (Wildman–Crippen MR) is 56.4 cm³/mol. The van der Waals surface area contributed by atoms with Gasteiger partial charge in [0, 0.05) is 11.8 Å². The molecular formula is C9H21NO2S. The maximum atomic E-state index is 11.4. The van der Waals surface area contributed by atoms with Crippen LogP contribution < -0.4 is 5.73 Å². The van der Waals surface area contributed by atoms with Gasteiger partial charge >= 0.3 is 0 Å². The molecule has 0 heterocycles. The molecule has 0 saturated carbocycles. The van der Waals surface area contributed by atoms with Crippen LogP contribution in [0.2, 0.25) is 0 Å². The molecule has 0 rings (SSSR count). The molecule has 0 aromatic carbocycles. The molecule has 0 aromatic rings. The van der Waals surface area contributed by atoms with Crippen LogP contribution >= 0.6 is 0 Å². The molecule has 2 N–H and O–H groups in total. The van der Waals surface area contributed by atoms with Gasteiger partial charge in [-0.1, -0.05) is 27.7 Å². The molecule has 0 aliphatic heterocycles. The van der Waals surface area contributed by atoms with Crippen molar-refractivity contribution in [2.24, 2.45) is 11.1 Å². The van der Waals surface area contributed by atoms with Gasteiger partial charge in [-0.15, -0.1) is 0 Å². The van der Waals surface area contributed by atoms with Gasteiger partial charge in [0.15, 0.2) is 9.84 Å². The van der Waals surface area contributed by atoms with Crippen LogP contribution in [0, 0.1) is 5.41 Å². The molecule has 0 amide bonds. The first kappa shape index (κ1) is 12.9. The fourth-order valence-corrected chi connectivity index (χ4v) is 2.75. The van der Waals surface area contributed by atoms with Gasteiger partial charge in [0.2, 0.25) is 0 Å². The molecule has 0 aromatic heterocycles. The van der Waals surface area contributed by atoms with Crippen LogP contribution in [0.1, 0.15) is 34.1 Å². The lowest BCUT2D eigenvalue weighted by atomic mass is 9.89. The first-order valence-electron chi connectivity index (χ1n) is 4.65. The maximum Gasteiger partial charge on any atom is 0.151 e. The summed E-state index contributed by atoms with van der Waals surface area (Å²) >= 11 is 0. The fourth-order valence-electron chi connectivity index (χ4n) is 0.918. The third-order valence-corrected chi connectivity index (χ3v) is 3.96. The third-order valence-electron chi connectivity index (χ3n) is 2.06. The van der Waals surface area contributed by atoms with Crippen LogP contribution in [0.5, 0.6) is 0 Å². The Bertz CT molecular complexity index is 239. The van der Waals surface area contributed by atoms with Crippen molar-refractivity contribution in [3.63, 3.8) is 0 Å². The van der Waals surface area contributed by atoms with Crippen LogP contribution in [0.4, 0.5) is 0 Å². The zero-order valence-electron chi connectivity index (χ0n) is 9.00. The molecule has 0 spiro atoms. The van der Waals surface area contributed by atoms with E-state index in [1.165, 1.54) is 0 Å². The van der Waals surface area contributed by atoms with E-state index in [9.17, 15) is 8.42 Å². The van der Waals surface area contributed by atoms with Gasteiger partial charge in [-0.05, 0) is 11.8 Å². The Kier molecular flexibility index (Phi) is 4.39. The van der Waals surface area contributed by atoms with E-state index < -0.39 is 9.84 Å². The molecule has 1 unspecified atom stereocenters. The van der Waals surface area contributed by atoms with Crippen molar-refractivity contribution in [3.8, 4) is 0 Å². The summed E-state index contributed by atoms with van der Waals surface area (Å²) in [5.41, 5.74) is 5.65. The summed E-state index contributed by atoms with van der Waals surface area (Å²) in [4.78, 5) is 0. The molecule has 0 saturated heterocycles. The van der Waals surface area contributed by atoms with E-state index in [0.29, 0.717) is 6.42 Å². The SMILES string of the molecule is CCCS(=O)(=O)CC(N)C(C)(C)C. The van der Waals surface area contributed by atoms with Gasteiger partial charge < -0.3 is 5.73 Å². The molecular weight excluding hydrogens is 186 g/mol. The molecule has 0 fully saturated rings. The highest BCUT2D eigenvalue weighted by atomic mass is 32.2. The minimum atomic E-state index is -2.94. The summed E-state index contributed by atoms with van der Waals surface area (Å²) in [6, 6.07) is -0.274. The lowest BCUT2D eigenvalue weighted by Gasteiger charge is -2.26. The molecule has 0 aliphatic rings. The molecule has 4 heteroatoms. The average Bonchev–Trinajstić information content (AvgIpc) is 1.83. The number of rotatable bonds is 4. The van der Waals surface area contributed by atoms with Gasteiger partial charge in [0.25, 0.3) is 0 Å². The average molecular weight is 207 g/mol. The predicted octanol–water partition coefficient (Wildman–Crippen LogP) is 1.18. The molecule has 0 aliphatic carbocycles. The van der Waals surface area contributed by atoms with Crippen LogP contribution in [0.15, 0.2) is 0 Å². The first-order valence-corrected chi connectivity index (χ1v) is 6.47. The summed E-state index contributed by atoms with van der Waals surface area (Å²) in [6.07, 6.45) is 0.666. The topological polar surface area (TPSA) is 60.2 Å². The van der Waals surface area contributed by atoms with Crippen molar-refractivity contribution in [1.29, 1.82) is 0 Å². The number of hydrogen-bond donors (Lipinski definition) is 1. The van der Waals surface area contributed by atoms with Crippen LogP contribution in [-0.2, 0) is 9.84 Å². The van der Waals surface area contributed by atoms with E-state index in [1.807, 2.05) is 27.7 Å². The number of sulfone groups is 1. The lowest BCUT2D eigenvalue weighted by Crippen LogP contribution is -2.41. The largest absolute Gasteiger partial charge is 0.326 e. The third kappa shape index (κ3) is 5.26. The molecule has 1 atom stereocenters. The highest BCUT2D eigenvalue weighted by Gasteiger charge is 2.25. The Balaban J connectivity index is 4.29. The Labute approximate surface area is 81.6 Å². The highest BCUT2D eigenvalue weighted by molar-refractivity contribution is 7.91. The van der Waals surface area contributed by atoms with Crippen molar-refractivity contribution < 1.29 is 8.42 Å². The first-order chi connectivity index (χ1) is 5.69. The monoisotopic (exact) mass is 207 g/mol. The van der Waals surface area contributed by atoms with Gasteiger partial charge in [0.1, 0.15) is 0 Å². The van der Waals surface area contributed by atoms with Crippen molar-refractivity contribution in [1.82, 2.24) is 0 Å². The van der Waals surface area contributed by atoms with Crippen LogP contribution in [-0.4, -0.2) is 26.0 Å². The van der Waals surface area contributed by atoms with E-state index in [4.69, 9.17) is 5.73 Å². The Morgan fingerprint density at radius 3 is 2.08 bits per heavy atom. The van der Waals surface area contributed by atoms with E-state index in [1.54, 1.807) is 0 Å². The van der Waals surface area contributed by atoms with E-state index >= 15 is 0 Å². The molecule has 13 heavy (non-hydrogen) atoms. The van der Waals surface area contributed by atoms with Gasteiger partial charge in [0.05, 0.1) is 5.75 Å². The second kappa shape index (κ2) is 4.42. The minimum Gasteiger partial charge on any atom is -0.326 e.